The maximum absolute atomic E-state index is 2.46. The highest BCUT2D eigenvalue weighted by atomic mass is 15.1. The molecule has 0 aliphatic carbocycles. The van der Waals surface area contributed by atoms with Gasteiger partial charge >= 0.3 is 0 Å². The molecule has 72 heavy (non-hydrogen) atoms. The summed E-state index contributed by atoms with van der Waals surface area (Å²) in [6, 6.07) is 106. The SMILES string of the molecule is c1ccc(-c2cccc(-c3ccccc3N(c3ccccc3)c3ccccc3-c3ccccc3-c3ccc4c(c3)c3ccccc3n4-c3cc(-c4ccccc4)cc(-c4ccc5ccccc5c4)c3)c2)cc1. The van der Waals surface area contributed by atoms with Crippen molar-refractivity contribution in [3.63, 3.8) is 0 Å². The van der Waals surface area contributed by atoms with E-state index in [1.165, 1.54) is 66.0 Å². The molecule has 0 amide bonds. The average Bonchev–Trinajstić information content (AvgIpc) is 3.80. The second kappa shape index (κ2) is 18.4. The molecule has 0 saturated heterocycles. The molecule has 0 N–H and O–H groups in total. The summed E-state index contributed by atoms with van der Waals surface area (Å²) in [5.74, 6) is 0. The lowest BCUT2D eigenvalue weighted by Gasteiger charge is -2.30. The summed E-state index contributed by atoms with van der Waals surface area (Å²) < 4.78 is 2.46. The largest absolute Gasteiger partial charge is 0.309 e. The molecule has 2 nitrogen and oxygen atoms in total. The van der Waals surface area contributed by atoms with Gasteiger partial charge in [0.2, 0.25) is 0 Å². The first-order chi connectivity index (χ1) is 35.7. The van der Waals surface area contributed by atoms with Crippen LogP contribution in [0.2, 0.25) is 0 Å². The minimum atomic E-state index is 1.09. The molecule has 0 aliphatic rings. The molecule has 0 aliphatic heterocycles. The highest BCUT2D eigenvalue weighted by molar-refractivity contribution is 6.11. The molecule has 0 unspecified atom stereocenters. The number of benzene rings is 12. The van der Waals surface area contributed by atoms with Gasteiger partial charge in [0.25, 0.3) is 0 Å². The van der Waals surface area contributed by atoms with Crippen LogP contribution >= 0.6 is 0 Å². The third kappa shape index (κ3) is 7.82. The smallest absolute Gasteiger partial charge is 0.0541 e. The van der Waals surface area contributed by atoms with Crippen molar-refractivity contribution in [1.82, 2.24) is 4.57 Å². The summed E-state index contributed by atoms with van der Waals surface area (Å²) in [7, 11) is 0. The van der Waals surface area contributed by atoms with E-state index in [9.17, 15) is 0 Å². The van der Waals surface area contributed by atoms with Gasteiger partial charge < -0.3 is 9.47 Å². The Bertz CT molecular complexity index is 4090. The van der Waals surface area contributed by atoms with Crippen molar-refractivity contribution in [2.24, 2.45) is 0 Å². The Morgan fingerprint density at radius 1 is 0.236 bits per heavy atom. The van der Waals surface area contributed by atoms with Crippen LogP contribution in [0.1, 0.15) is 0 Å². The van der Waals surface area contributed by atoms with Crippen LogP contribution in [0.15, 0.2) is 291 Å². The summed E-state index contributed by atoms with van der Waals surface area (Å²) in [6.07, 6.45) is 0. The molecule has 1 heterocycles. The van der Waals surface area contributed by atoms with E-state index in [-0.39, 0.29) is 0 Å². The number of para-hydroxylation sites is 4. The number of aromatic nitrogens is 1. The van der Waals surface area contributed by atoms with E-state index >= 15 is 0 Å². The quantitative estimate of drug-likeness (QED) is 0.133. The van der Waals surface area contributed by atoms with E-state index in [0.717, 1.165) is 56.1 Å². The van der Waals surface area contributed by atoms with Crippen LogP contribution in [0, 0.1) is 0 Å². The van der Waals surface area contributed by atoms with Crippen LogP contribution in [0.4, 0.5) is 17.1 Å². The number of anilines is 3. The Labute approximate surface area is 420 Å². The second-order valence-corrected chi connectivity index (χ2v) is 18.5. The van der Waals surface area contributed by atoms with Crippen LogP contribution in [0.5, 0.6) is 0 Å². The predicted molar refractivity (Wildman–Crippen MR) is 306 cm³/mol. The summed E-state index contributed by atoms with van der Waals surface area (Å²) in [6.45, 7) is 0. The Hall–Kier alpha value is -9.50. The zero-order valence-corrected chi connectivity index (χ0v) is 39.6. The van der Waals surface area contributed by atoms with Crippen LogP contribution in [-0.2, 0) is 0 Å². The molecule has 0 spiro atoms. The van der Waals surface area contributed by atoms with Crippen molar-refractivity contribution in [1.29, 1.82) is 0 Å². The molecule has 1 aromatic heterocycles. The lowest BCUT2D eigenvalue weighted by Crippen LogP contribution is -2.12. The van der Waals surface area contributed by atoms with Gasteiger partial charge in [0.15, 0.2) is 0 Å². The Morgan fingerprint density at radius 2 is 0.722 bits per heavy atom. The van der Waals surface area contributed by atoms with Gasteiger partial charge in [0.1, 0.15) is 0 Å². The van der Waals surface area contributed by atoms with Gasteiger partial charge in [-0.1, -0.05) is 218 Å². The molecule has 338 valence electrons. The van der Waals surface area contributed by atoms with E-state index in [2.05, 4.69) is 301 Å². The van der Waals surface area contributed by atoms with Gasteiger partial charge in [0.05, 0.1) is 22.4 Å². The van der Waals surface area contributed by atoms with E-state index in [4.69, 9.17) is 0 Å². The van der Waals surface area contributed by atoms with Crippen molar-refractivity contribution in [2.75, 3.05) is 4.90 Å². The third-order valence-electron chi connectivity index (χ3n) is 14.2. The summed E-state index contributed by atoms with van der Waals surface area (Å²) in [5, 5.41) is 4.90. The van der Waals surface area contributed by atoms with Crippen LogP contribution < -0.4 is 4.90 Å². The second-order valence-electron chi connectivity index (χ2n) is 18.5. The van der Waals surface area contributed by atoms with Gasteiger partial charge in [-0.25, -0.2) is 0 Å². The fourth-order valence-corrected chi connectivity index (χ4v) is 10.8. The standard InChI is InChI=1S/C70H48N2/c1-4-21-49(22-5-1)53-27-20-28-55(44-53)62-32-14-17-36-67(62)71(59-29-8-3-9-30-59)68-37-18-15-34-64(68)63-33-13-12-31-61(63)56-41-42-70-66(48-56)65-35-16-19-38-69(65)72(70)60-46-57(50-23-6-2-7-24-50)45-58(47-60)54-40-39-51-25-10-11-26-52(51)43-54/h1-48H. The molecular weight excluding hydrogens is 869 g/mol. The third-order valence-corrected chi connectivity index (χ3v) is 14.2. The van der Waals surface area contributed by atoms with E-state index in [1.807, 2.05) is 0 Å². The maximum Gasteiger partial charge on any atom is 0.0541 e. The molecule has 13 rings (SSSR count). The Morgan fingerprint density at radius 3 is 1.49 bits per heavy atom. The minimum Gasteiger partial charge on any atom is -0.309 e. The Balaban J connectivity index is 0.959. The van der Waals surface area contributed by atoms with Gasteiger partial charge in [-0.3, -0.25) is 0 Å². The first kappa shape index (κ1) is 42.6. The van der Waals surface area contributed by atoms with Gasteiger partial charge in [0, 0.05) is 33.3 Å². The minimum absolute atomic E-state index is 1.09. The highest BCUT2D eigenvalue weighted by Gasteiger charge is 2.23. The van der Waals surface area contributed by atoms with Crippen molar-refractivity contribution in [3.8, 4) is 72.4 Å². The zero-order valence-electron chi connectivity index (χ0n) is 39.6. The number of nitrogens with zero attached hydrogens (tertiary/aromatic N) is 2. The van der Waals surface area contributed by atoms with Crippen molar-refractivity contribution >= 4 is 49.6 Å². The van der Waals surface area contributed by atoms with Crippen molar-refractivity contribution in [2.45, 2.75) is 0 Å². The first-order valence-corrected chi connectivity index (χ1v) is 24.7. The molecule has 0 fully saturated rings. The lowest BCUT2D eigenvalue weighted by molar-refractivity contribution is 1.18. The molecule has 2 heteroatoms. The molecule has 0 radical (unpaired) electrons. The topological polar surface area (TPSA) is 8.17 Å². The van der Waals surface area contributed by atoms with Gasteiger partial charge in [-0.05, 0) is 139 Å². The van der Waals surface area contributed by atoms with Gasteiger partial charge in [-0.15, -0.1) is 0 Å². The molecule has 12 aromatic carbocycles. The monoisotopic (exact) mass is 916 g/mol. The van der Waals surface area contributed by atoms with E-state index < -0.39 is 0 Å². The summed E-state index contributed by atoms with van der Waals surface area (Å²) in [5.41, 5.74) is 20.8. The number of rotatable bonds is 10. The first-order valence-electron chi connectivity index (χ1n) is 24.7. The summed E-state index contributed by atoms with van der Waals surface area (Å²) >= 11 is 0. The predicted octanol–water partition coefficient (Wildman–Crippen LogP) is 19.4. The van der Waals surface area contributed by atoms with Crippen molar-refractivity contribution in [3.05, 3.63) is 291 Å². The van der Waals surface area contributed by atoms with Crippen molar-refractivity contribution < 1.29 is 0 Å². The lowest BCUT2D eigenvalue weighted by atomic mass is 9.92. The van der Waals surface area contributed by atoms with Crippen LogP contribution in [0.25, 0.3) is 105 Å². The molecule has 0 atom stereocenters. The zero-order chi connectivity index (χ0) is 47.8. The van der Waals surface area contributed by atoms with E-state index in [1.54, 1.807) is 0 Å². The molecule has 0 bridgehead atoms. The number of hydrogen-bond donors (Lipinski definition) is 0. The average molecular weight is 917 g/mol. The molecule has 0 saturated carbocycles. The molecule has 13 aromatic rings. The van der Waals surface area contributed by atoms with Crippen LogP contribution in [0.3, 0.4) is 0 Å². The van der Waals surface area contributed by atoms with E-state index in [0.29, 0.717) is 0 Å². The van der Waals surface area contributed by atoms with Crippen LogP contribution in [-0.4, -0.2) is 4.57 Å². The fourth-order valence-electron chi connectivity index (χ4n) is 10.8. The summed E-state index contributed by atoms with van der Waals surface area (Å²) in [4.78, 5) is 2.43. The maximum atomic E-state index is 2.46. The Kier molecular flexibility index (Phi) is 10.9. The van der Waals surface area contributed by atoms with Gasteiger partial charge in [-0.2, -0.15) is 0 Å². The molecular formula is C70H48N2. The normalized spacial score (nSPS) is 11.3. The highest BCUT2D eigenvalue weighted by Crippen LogP contribution is 2.47. The number of hydrogen-bond acceptors (Lipinski definition) is 1. The number of fused-ring (bicyclic) bond motifs is 4. The fraction of sp³-hybridized carbons (Fsp3) is 0.